The van der Waals surface area contributed by atoms with Gasteiger partial charge >= 0.3 is 0 Å². The number of benzene rings is 2. The second-order valence-corrected chi connectivity index (χ2v) is 6.74. The molecule has 0 radical (unpaired) electrons. The van der Waals surface area contributed by atoms with E-state index in [1.165, 1.54) is 5.56 Å². The first-order valence-corrected chi connectivity index (χ1v) is 8.30. The third-order valence-electron chi connectivity index (χ3n) is 3.83. The van der Waals surface area contributed by atoms with Crippen LogP contribution in [0.5, 0.6) is 5.75 Å². The second-order valence-electron chi connectivity index (χ2n) is 5.68. The number of aliphatic hydroxyl groups excluding tert-OH is 1. The molecule has 0 saturated heterocycles. The first-order chi connectivity index (χ1) is 10.1. The Kier molecular flexibility index (Phi) is 4.22. The van der Waals surface area contributed by atoms with E-state index in [0.717, 1.165) is 22.0 Å². The van der Waals surface area contributed by atoms with Gasteiger partial charge in [-0.2, -0.15) is 0 Å². The average molecular weight is 300 g/mol. The van der Waals surface area contributed by atoms with Crippen molar-refractivity contribution in [1.29, 1.82) is 0 Å². The summed E-state index contributed by atoms with van der Waals surface area (Å²) < 4.78 is 5.95. The first-order valence-electron chi connectivity index (χ1n) is 7.31. The number of fused-ring (bicyclic) bond motifs is 1. The molecule has 3 rings (SSSR count). The van der Waals surface area contributed by atoms with E-state index < -0.39 is 6.10 Å². The Balaban J connectivity index is 1.75. The summed E-state index contributed by atoms with van der Waals surface area (Å²) in [6, 6.07) is 16.2. The van der Waals surface area contributed by atoms with Crippen molar-refractivity contribution in [3.63, 3.8) is 0 Å². The molecule has 21 heavy (non-hydrogen) atoms. The summed E-state index contributed by atoms with van der Waals surface area (Å²) in [5.74, 6) is 2.14. The smallest absolute Gasteiger partial charge is 0.138 e. The molecule has 110 valence electrons. The van der Waals surface area contributed by atoms with Crippen LogP contribution in [-0.4, -0.2) is 17.0 Å². The highest BCUT2D eigenvalue weighted by Crippen LogP contribution is 2.38. The highest BCUT2D eigenvalue weighted by atomic mass is 32.2. The van der Waals surface area contributed by atoms with E-state index in [9.17, 15) is 5.11 Å². The number of aliphatic hydroxyl groups is 1. The highest BCUT2D eigenvalue weighted by molar-refractivity contribution is 7.99. The van der Waals surface area contributed by atoms with Crippen LogP contribution in [0.2, 0.25) is 0 Å². The van der Waals surface area contributed by atoms with E-state index in [-0.39, 0.29) is 6.10 Å². The van der Waals surface area contributed by atoms with Gasteiger partial charge in [0.25, 0.3) is 0 Å². The van der Waals surface area contributed by atoms with Crippen LogP contribution in [0.25, 0.3) is 0 Å². The van der Waals surface area contributed by atoms with Crippen LogP contribution in [0, 0.1) is 0 Å². The van der Waals surface area contributed by atoms with E-state index in [4.69, 9.17) is 4.74 Å². The Morgan fingerprint density at radius 3 is 2.43 bits per heavy atom. The molecule has 0 aromatic heterocycles. The van der Waals surface area contributed by atoms with Crippen molar-refractivity contribution >= 4 is 11.8 Å². The third kappa shape index (κ3) is 3.09. The lowest BCUT2D eigenvalue weighted by Gasteiger charge is -2.29. The van der Waals surface area contributed by atoms with Gasteiger partial charge in [0.1, 0.15) is 18.0 Å². The lowest BCUT2D eigenvalue weighted by Crippen LogP contribution is -2.30. The van der Waals surface area contributed by atoms with Gasteiger partial charge in [0, 0.05) is 10.6 Å². The quantitative estimate of drug-likeness (QED) is 0.911. The van der Waals surface area contributed by atoms with Crippen LogP contribution in [0.1, 0.15) is 37.0 Å². The molecule has 2 nitrogen and oxygen atoms in total. The average Bonchev–Trinajstić information content (AvgIpc) is 2.54. The van der Waals surface area contributed by atoms with Gasteiger partial charge in [-0.3, -0.25) is 0 Å². The Bertz CT molecular complexity index is 607. The number of ether oxygens (including phenoxy) is 1. The van der Waals surface area contributed by atoms with Crippen molar-refractivity contribution < 1.29 is 9.84 Å². The SMILES string of the molecule is CC(C)c1ccc(C(O)C2CSc3ccccc3O2)cc1. The molecule has 2 unspecified atom stereocenters. The molecule has 0 amide bonds. The van der Waals surface area contributed by atoms with Gasteiger partial charge < -0.3 is 9.84 Å². The number of hydrogen-bond acceptors (Lipinski definition) is 3. The zero-order chi connectivity index (χ0) is 14.8. The lowest BCUT2D eigenvalue weighted by atomic mass is 9.98. The van der Waals surface area contributed by atoms with E-state index in [1.54, 1.807) is 11.8 Å². The van der Waals surface area contributed by atoms with Crippen LogP contribution in [-0.2, 0) is 0 Å². The normalized spacial score (nSPS) is 19.0. The maximum Gasteiger partial charge on any atom is 0.138 e. The Labute approximate surface area is 130 Å². The Morgan fingerprint density at radius 2 is 1.71 bits per heavy atom. The zero-order valence-corrected chi connectivity index (χ0v) is 13.1. The van der Waals surface area contributed by atoms with E-state index in [0.29, 0.717) is 5.92 Å². The molecular weight excluding hydrogens is 280 g/mol. The van der Waals surface area contributed by atoms with Crippen molar-refractivity contribution in [2.75, 3.05) is 5.75 Å². The zero-order valence-electron chi connectivity index (χ0n) is 12.3. The molecule has 1 aliphatic heterocycles. The van der Waals surface area contributed by atoms with Crippen LogP contribution >= 0.6 is 11.8 Å². The van der Waals surface area contributed by atoms with E-state index in [2.05, 4.69) is 32.0 Å². The molecule has 0 bridgehead atoms. The minimum Gasteiger partial charge on any atom is -0.485 e. The largest absolute Gasteiger partial charge is 0.485 e. The number of hydrogen-bond donors (Lipinski definition) is 1. The molecule has 0 saturated carbocycles. The van der Waals surface area contributed by atoms with Crippen molar-refractivity contribution in [2.24, 2.45) is 0 Å². The second kappa shape index (κ2) is 6.12. The fourth-order valence-corrected chi connectivity index (χ4v) is 3.51. The van der Waals surface area contributed by atoms with Crippen LogP contribution in [0.4, 0.5) is 0 Å². The topological polar surface area (TPSA) is 29.5 Å². The molecule has 2 aromatic rings. The van der Waals surface area contributed by atoms with Crippen molar-refractivity contribution in [3.05, 3.63) is 59.7 Å². The third-order valence-corrected chi connectivity index (χ3v) is 4.97. The summed E-state index contributed by atoms with van der Waals surface area (Å²) in [7, 11) is 0. The first kappa shape index (κ1) is 14.5. The van der Waals surface area contributed by atoms with Crippen LogP contribution < -0.4 is 4.74 Å². The summed E-state index contributed by atoms with van der Waals surface area (Å²) in [6.07, 6.45) is -0.790. The minimum atomic E-state index is -0.591. The predicted molar refractivity (Wildman–Crippen MR) is 87.1 cm³/mol. The van der Waals surface area contributed by atoms with Crippen molar-refractivity contribution in [1.82, 2.24) is 0 Å². The van der Waals surface area contributed by atoms with Gasteiger partial charge in [-0.1, -0.05) is 50.2 Å². The Morgan fingerprint density at radius 1 is 1.05 bits per heavy atom. The van der Waals surface area contributed by atoms with Crippen molar-refractivity contribution in [3.8, 4) is 5.75 Å². The van der Waals surface area contributed by atoms with Gasteiger partial charge in [0.2, 0.25) is 0 Å². The Hall–Kier alpha value is -1.45. The van der Waals surface area contributed by atoms with Gasteiger partial charge in [0.15, 0.2) is 0 Å². The molecule has 2 aromatic carbocycles. The summed E-state index contributed by atoms with van der Waals surface area (Å²) in [5.41, 5.74) is 2.21. The van der Waals surface area contributed by atoms with Gasteiger partial charge in [-0.25, -0.2) is 0 Å². The molecule has 2 atom stereocenters. The minimum absolute atomic E-state index is 0.199. The highest BCUT2D eigenvalue weighted by Gasteiger charge is 2.27. The predicted octanol–water partition coefficient (Wildman–Crippen LogP) is 4.40. The summed E-state index contributed by atoms with van der Waals surface area (Å²) in [5, 5.41) is 10.6. The number of rotatable bonds is 3. The van der Waals surface area contributed by atoms with E-state index >= 15 is 0 Å². The van der Waals surface area contributed by atoms with Gasteiger partial charge in [-0.05, 0) is 29.2 Å². The fraction of sp³-hybridized carbons (Fsp3) is 0.333. The number of thioether (sulfide) groups is 1. The molecular formula is C18H20O2S. The fourth-order valence-electron chi connectivity index (χ4n) is 2.48. The summed E-state index contributed by atoms with van der Waals surface area (Å²) in [6.45, 7) is 4.34. The standard InChI is InChI=1S/C18H20O2S/c1-12(2)13-7-9-14(10-8-13)18(19)16-11-21-17-6-4-3-5-15(17)20-16/h3-10,12,16,18-19H,11H2,1-2H3. The molecule has 0 spiro atoms. The van der Waals surface area contributed by atoms with Crippen LogP contribution in [0.3, 0.4) is 0 Å². The monoisotopic (exact) mass is 300 g/mol. The van der Waals surface area contributed by atoms with E-state index in [1.807, 2.05) is 30.3 Å². The van der Waals surface area contributed by atoms with Crippen molar-refractivity contribution in [2.45, 2.75) is 36.9 Å². The molecule has 1 N–H and O–H groups in total. The lowest BCUT2D eigenvalue weighted by molar-refractivity contribution is 0.0457. The molecule has 3 heteroatoms. The van der Waals surface area contributed by atoms with Crippen LogP contribution in [0.15, 0.2) is 53.4 Å². The summed E-state index contributed by atoms with van der Waals surface area (Å²) >= 11 is 1.74. The molecule has 1 aliphatic rings. The molecule has 0 fully saturated rings. The molecule has 1 heterocycles. The van der Waals surface area contributed by atoms with Gasteiger partial charge in [0.05, 0.1) is 0 Å². The summed E-state index contributed by atoms with van der Waals surface area (Å²) in [4.78, 5) is 1.15. The molecule has 0 aliphatic carbocycles. The maximum atomic E-state index is 10.6. The van der Waals surface area contributed by atoms with Gasteiger partial charge in [-0.15, -0.1) is 11.8 Å². The maximum absolute atomic E-state index is 10.6. The number of para-hydroxylation sites is 1.